The van der Waals surface area contributed by atoms with E-state index in [9.17, 15) is 27.2 Å². The predicted octanol–water partition coefficient (Wildman–Crippen LogP) is 7.13. The lowest BCUT2D eigenvalue weighted by Gasteiger charge is -2.42. The molecule has 1 N–H and O–H groups in total. The maximum atomic E-state index is 13.5. The summed E-state index contributed by atoms with van der Waals surface area (Å²) in [5, 5.41) is 2.69. The second-order valence-corrected chi connectivity index (χ2v) is 10.2. The summed E-state index contributed by atoms with van der Waals surface area (Å²) in [5.74, 6) is -1.83. The maximum Gasteiger partial charge on any atom is 0.391 e. The van der Waals surface area contributed by atoms with Crippen molar-refractivity contribution in [3.05, 3.63) is 101 Å². The first-order chi connectivity index (χ1) is 19.6. The summed E-state index contributed by atoms with van der Waals surface area (Å²) < 4.78 is 64.4. The van der Waals surface area contributed by atoms with Crippen molar-refractivity contribution >= 4 is 11.9 Å². The molecule has 1 fully saturated rings. The van der Waals surface area contributed by atoms with Crippen LogP contribution in [0.1, 0.15) is 66.1 Å². The summed E-state index contributed by atoms with van der Waals surface area (Å²) in [6.07, 6.45) is -3.57. The van der Waals surface area contributed by atoms with E-state index in [1.807, 2.05) is 12.1 Å². The zero-order chi connectivity index (χ0) is 29.5. The second kappa shape index (κ2) is 13.2. The summed E-state index contributed by atoms with van der Waals surface area (Å²) in [5.41, 5.74) is 2.25. The Morgan fingerprint density at radius 1 is 0.902 bits per heavy atom. The number of benzene rings is 3. The number of amides is 1. The Balaban J connectivity index is 1.50. The number of carbonyl (C=O) groups is 2. The Bertz CT molecular complexity index is 1300. The molecule has 0 atom stereocenters. The molecule has 0 radical (unpaired) electrons. The highest BCUT2D eigenvalue weighted by Crippen LogP contribution is 2.50. The molecule has 1 aliphatic rings. The summed E-state index contributed by atoms with van der Waals surface area (Å²) in [7, 11) is 0. The number of ether oxygens (including phenoxy) is 2. The van der Waals surface area contributed by atoms with Crippen molar-refractivity contribution in [3.8, 4) is 5.75 Å². The molecule has 1 aliphatic carbocycles. The molecule has 0 spiro atoms. The van der Waals surface area contributed by atoms with E-state index in [1.54, 1.807) is 55.5 Å². The van der Waals surface area contributed by atoms with Gasteiger partial charge in [0.2, 0.25) is 0 Å². The Morgan fingerprint density at radius 3 is 2.05 bits per heavy atom. The largest absolute Gasteiger partial charge is 0.489 e. The van der Waals surface area contributed by atoms with Crippen molar-refractivity contribution in [1.82, 2.24) is 5.32 Å². The average Bonchev–Trinajstić information content (AvgIpc) is 2.97. The van der Waals surface area contributed by atoms with E-state index in [4.69, 9.17) is 9.47 Å². The van der Waals surface area contributed by atoms with Gasteiger partial charge in [0.25, 0.3) is 5.91 Å². The van der Waals surface area contributed by atoms with Crippen molar-refractivity contribution in [2.24, 2.45) is 5.92 Å². The monoisotopic (exact) mass is 571 g/mol. The summed E-state index contributed by atoms with van der Waals surface area (Å²) in [6.45, 7) is 2.36. The molecule has 0 aliphatic heterocycles. The van der Waals surface area contributed by atoms with Gasteiger partial charge in [0.1, 0.15) is 18.2 Å². The van der Waals surface area contributed by atoms with Crippen LogP contribution in [0.3, 0.4) is 0 Å². The average molecular weight is 572 g/mol. The number of esters is 1. The molecule has 0 saturated heterocycles. The van der Waals surface area contributed by atoms with Crippen LogP contribution in [-0.4, -0.2) is 31.2 Å². The van der Waals surface area contributed by atoms with Crippen LogP contribution < -0.4 is 10.1 Å². The first-order valence-corrected chi connectivity index (χ1v) is 13.7. The molecule has 218 valence electrons. The van der Waals surface area contributed by atoms with Crippen LogP contribution in [0.4, 0.5) is 17.6 Å². The molecule has 5 nitrogen and oxygen atoms in total. The lowest BCUT2D eigenvalue weighted by atomic mass is 9.63. The predicted molar refractivity (Wildman–Crippen MR) is 146 cm³/mol. The lowest BCUT2D eigenvalue weighted by Crippen LogP contribution is -2.37. The number of rotatable bonds is 10. The smallest absolute Gasteiger partial charge is 0.391 e. The molecule has 0 unspecified atom stereocenters. The molecular formula is C32H33F4NO4. The molecule has 0 aromatic heterocycles. The summed E-state index contributed by atoms with van der Waals surface area (Å²) in [4.78, 5) is 24.1. The highest BCUT2D eigenvalue weighted by Gasteiger charge is 2.47. The lowest BCUT2D eigenvalue weighted by molar-refractivity contribution is -0.184. The molecule has 41 heavy (non-hydrogen) atoms. The van der Waals surface area contributed by atoms with Gasteiger partial charge in [0.15, 0.2) is 0 Å². The number of nitrogens with one attached hydrogen (secondary N) is 1. The normalized spacial score (nSPS) is 18.9. The van der Waals surface area contributed by atoms with E-state index >= 15 is 0 Å². The Labute approximate surface area is 236 Å². The minimum atomic E-state index is -4.24. The number of hydrogen-bond acceptors (Lipinski definition) is 4. The summed E-state index contributed by atoms with van der Waals surface area (Å²) >= 11 is 0. The third-order valence-electron chi connectivity index (χ3n) is 7.65. The van der Waals surface area contributed by atoms with Gasteiger partial charge in [0, 0.05) is 17.5 Å². The van der Waals surface area contributed by atoms with E-state index in [0.717, 1.165) is 16.7 Å². The molecule has 1 amide bonds. The van der Waals surface area contributed by atoms with Crippen LogP contribution in [0.25, 0.3) is 0 Å². The minimum Gasteiger partial charge on any atom is -0.489 e. The van der Waals surface area contributed by atoms with Gasteiger partial charge in [-0.05, 0) is 85.7 Å². The highest BCUT2D eigenvalue weighted by atomic mass is 19.4. The van der Waals surface area contributed by atoms with Gasteiger partial charge >= 0.3 is 12.1 Å². The zero-order valence-corrected chi connectivity index (χ0v) is 22.8. The standard InChI is InChI=1S/C32H33F4NO4/c1-2-40-29(38)17-20-37-30(39)23-5-7-24(8-6-23)31(18-15-26(16-19-31)32(34,35)36)25-9-13-28(14-10-25)41-21-22-3-11-27(33)12-4-22/h3-14,26H,2,15-21H2,1H3,(H,37,39). The van der Waals surface area contributed by atoms with Gasteiger partial charge in [-0.1, -0.05) is 36.4 Å². The molecule has 3 aromatic rings. The van der Waals surface area contributed by atoms with Crippen LogP contribution >= 0.6 is 0 Å². The third kappa shape index (κ3) is 7.65. The number of hydrogen-bond donors (Lipinski definition) is 1. The molecule has 1 saturated carbocycles. The molecule has 0 bridgehead atoms. The molecule has 3 aromatic carbocycles. The van der Waals surface area contributed by atoms with Gasteiger partial charge in [-0.15, -0.1) is 0 Å². The zero-order valence-electron chi connectivity index (χ0n) is 22.8. The first kappa shape index (κ1) is 30.1. The van der Waals surface area contributed by atoms with Crippen LogP contribution in [0.2, 0.25) is 0 Å². The van der Waals surface area contributed by atoms with Crippen molar-refractivity contribution in [1.29, 1.82) is 0 Å². The number of halogens is 4. The van der Waals surface area contributed by atoms with E-state index in [1.165, 1.54) is 12.1 Å². The van der Waals surface area contributed by atoms with Gasteiger partial charge in [-0.3, -0.25) is 9.59 Å². The fourth-order valence-electron chi connectivity index (χ4n) is 5.35. The van der Waals surface area contributed by atoms with E-state index in [2.05, 4.69) is 5.32 Å². The van der Waals surface area contributed by atoms with E-state index in [0.29, 0.717) is 24.2 Å². The quantitative estimate of drug-likeness (QED) is 0.208. The van der Waals surface area contributed by atoms with Crippen molar-refractivity contribution in [2.75, 3.05) is 13.2 Å². The summed E-state index contributed by atoms with van der Waals surface area (Å²) in [6, 6.07) is 20.3. The van der Waals surface area contributed by atoms with Crippen molar-refractivity contribution in [3.63, 3.8) is 0 Å². The van der Waals surface area contributed by atoms with Crippen LogP contribution in [-0.2, 0) is 21.6 Å². The van der Waals surface area contributed by atoms with Crippen molar-refractivity contribution in [2.45, 2.75) is 57.2 Å². The molecular weight excluding hydrogens is 538 g/mol. The van der Waals surface area contributed by atoms with Gasteiger partial charge in [-0.2, -0.15) is 13.2 Å². The molecule has 9 heteroatoms. The van der Waals surface area contributed by atoms with Gasteiger partial charge in [0.05, 0.1) is 18.9 Å². The fraction of sp³-hybridized carbons (Fsp3) is 0.375. The maximum absolute atomic E-state index is 13.5. The van der Waals surface area contributed by atoms with E-state index in [-0.39, 0.29) is 50.7 Å². The highest BCUT2D eigenvalue weighted by molar-refractivity contribution is 5.94. The number of alkyl halides is 3. The fourth-order valence-corrected chi connectivity index (χ4v) is 5.35. The Kier molecular flexibility index (Phi) is 9.68. The third-order valence-corrected chi connectivity index (χ3v) is 7.65. The number of carbonyl (C=O) groups excluding carboxylic acids is 2. The van der Waals surface area contributed by atoms with Gasteiger partial charge in [-0.25, -0.2) is 4.39 Å². The topological polar surface area (TPSA) is 64.6 Å². The van der Waals surface area contributed by atoms with E-state index < -0.39 is 23.5 Å². The van der Waals surface area contributed by atoms with Crippen LogP contribution in [0.15, 0.2) is 72.8 Å². The van der Waals surface area contributed by atoms with Crippen molar-refractivity contribution < 1.29 is 36.6 Å². The molecule has 0 heterocycles. The van der Waals surface area contributed by atoms with Crippen LogP contribution in [0, 0.1) is 11.7 Å². The Hall–Kier alpha value is -3.88. The minimum absolute atomic E-state index is 0.00240. The first-order valence-electron chi connectivity index (χ1n) is 13.7. The SMILES string of the molecule is CCOC(=O)CCNC(=O)c1ccc(C2(c3ccc(OCc4ccc(F)cc4)cc3)CCC(C(F)(F)F)CC2)cc1. The van der Waals surface area contributed by atoms with Gasteiger partial charge < -0.3 is 14.8 Å². The van der Waals surface area contributed by atoms with Crippen LogP contribution in [0.5, 0.6) is 5.75 Å². The molecule has 4 rings (SSSR count). The second-order valence-electron chi connectivity index (χ2n) is 10.2. The Morgan fingerprint density at radius 2 is 1.49 bits per heavy atom.